The monoisotopic (exact) mass is 258 g/mol. The lowest BCUT2D eigenvalue weighted by atomic mass is 10.1. The summed E-state index contributed by atoms with van der Waals surface area (Å²) < 4.78 is 5.16. The molecule has 0 aromatic carbocycles. The molecule has 1 aliphatic rings. The Morgan fingerprint density at radius 2 is 2.22 bits per heavy atom. The first-order valence-corrected chi connectivity index (χ1v) is 6.28. The summed E-state index contributed by atoms with van der Waals surface area (Å²) in [6.07, 6.45) is 0.187. The molecule has 1 rings (SSSR count). The van der Waals surface area contributed by atoms with Crippen molar-refractivity contribution in [2.24, 2.45) is 5.92 Å². The number of aliphatic carboxylic acids is 1. The van der Waals surface area contributed by atoms with Crippen LogP contribution in [0.15, 0.2) is 0 Å². The highest BCUT2D eigenvalue weighted by Gasteiger charge is 2.40. The molecular weight excluding hydrogens is 236 g/mol. The van der Waals surface area contributed by atoms with Gasteiger partial charge in [0, 0.05) is 32.5 Å². The van der Waals surface area contributed by atoms with Crippen LogP contribution in [-0.2, 0) is 14.3 Å². The Balaban J connectivity index is 2.67. The van der Waals surface area contributed by atoms with Crippen LogP contribution in [0, 0.1) is 5.92 Å². The predicted molar refractivity (Wildman–Crippen MR) is 66.3 cm³/mol. The van der Waals surface area contributed by atoms with Gasteiger partial charge in [-0.15, -0.1) is 0 Å². The number of carbonyl (C=O) groups is 2. The second-order valence-corrected chi connectivity index (χ2v) is 4.65. The van der Waals surface area contributed by atoms with Crippen LogP contribution in [0.4, 0.5) is 0 Å². The van der Waals surface area contributed by atoms with Gasteiger partial charge in [-0.3, -0.25) is 4.79 Å². The van der Waals surface area contributed by atoms with Crippen LogP contribution in [0.25, 0.3) is 0 Å². The van der Waals surface area contributed by atoms with Crippen molar-refractivity contribution in [2.45, 2.75) is 32.4 Å². The van der Waals surface area contributed by atoms with Crippen molar-refractivity contribution >= 4 is 11.9 Å². The molecule has 18 heavy (non-hydrogen) atoms. The van der Waals surface area contributed by atoms with Gasteiger partial charge in [-0.05, 0) is 6.54 Å². The standard InChI is InChI=1S/C12H22N2O4/c1-4-13-6-8(2)11(15)14-7-9(18-3)5-10(14)12(16)17/h8-10,13H,4-7H2,1-3H3,(H,16,17). The summed E-state index contributed by atoms with van der Waals surface area (Å²) in [4.78, 5) is 24.8. The fourth-order valence-corrected chi connectivity index (χ4v) is 2.18. The SMILES string of the molecule is CCNCC(C)C(=O)N1CC(OC)CC1C(=O)O. The molecule has 0 saturated carbocycles. The number of hydrogen-bond donors (Lipinski definition) is 2. The quantitative estimate of drug-likeness (QED) is 0.697. The number of nitrogens with zero attached hydrogens (tertiary/aromatic N) is 1. The molecule has 2 N–H and O–H groups in total. The van der Waals surface area contributed by atoms with E-state index in [-0.39, 0.29) is 17.9 Å². The molecule has 1 amide bonds. The molecule has 1 fully saturated rings. The molecule has 0 aliphatic carbocycles. The first-order chi connectivity index (χ1) is 8.51. The average molecular weight is 258 g/mol. The zero-order valence-electron chi connectivity index (χ0n) is 11.2. The van der Waals surface area contributed by atoms with Gasteiger partial charge in [0.1, 0.15) is 6.04 Å². The van der Waals surface area contributed by atoms with Gasteiger partial charge in [-0.2, -0.15) is 0 Å². The van der Waals surface area contributed by atoms with Gasteiger partial charge in [0.25, 0.3) is 0 Å². The Labute approximate surface area is 107 Å². The third-order valence-corrected chi connectivity index (χ3v) is 3.29. The van der Waals surface area contributed by atoms with Gasteiger partial charge in [-0.25, -0.2) is 4.79 Å². The second-order valence-electron chi connectivity index (χ2n) is 4.65. The van der Waals surface area contributed by atoms with Gasteiger partial charge >= 0.3 is 5.97 Å². The van der Waals surface area contributed by atoms with Crippen LogP contribution in [0.5, 0.6) is 0 Å². The molecule has 0 radical (unpaired) electrons. The highest BCUT2D eigenvalue weighted by molar-refractivity contribution is 5.85. The van der Waals surface area contributed by atoms with E-state index in [0.29, 0.717) is 19.5 Å². The van der Waals surface area contributed by atoms with E-state index in [2.05, 4.69) is 5.32 Å². The minimum absolute atomic E-state index is 0.122. The van der Waals surface area contributed by atoms with Crippen molar-refractivity contribution in [2.75, 3.05) is 26.7 Å². The normalized spacial score (nSPS) is 25.2. The highest BCUT2D eigenvalue weighted by atomic mass is 16.5. The number of carboxylic acids is 1. The molecule has 3 unspecified atom stereocenters. The molecule has 0 aromatic rings. The van der Waals surface area contributed by atoms with Crippen molar-refractivity contribution in [1.82, 2.24) is 10.2 Å². The zero-order valence-corrected chi connectivity index (χ0v) is 11.2. The lowest BCUT2D eigenvalue weighted by Crippen LogP contribution is -2.45. The predicted octanol–water partition coefficient (Wildman–Crippen LogP) is -0.0675. The third-order valence-electron chi connectivity index (χ3n) is 3.29. The number of carbonyl (C=O) groups excluding carboxylic acids is 1. The van der Waals surface area contributed by atoms with Gasteiger partial charge in [0.15, 0.2) is 0 Å². The first-order valence-electron chi connectivity index (χ1n) is 6.28. The number of nitrogens with one attached hydrogen (secondary N) is 1. The smallest absolute Gasteiger partial charge is 0.326 e. The molecular formula is C12H22N2O4. The number of amides is 1. The number of likely N-dealkylation sites (tertiary alicyclic amines) is 1. The van der Waals surface area contributed by atoms with Crippen LogP contribution in [0.2, 0.25) is 0 Å². The number of hydrogen-bond acceptors (Lipinski definition) is 4. The summed E-state index contributed by atoms with van der Waals surface area (Å²) in [7, 11) is 1.54. The summed E-state index contributed by atoms with van der Waals surface area (Å²) in [6.45, 7) is 5.50. The maximum Gasteiger partial charge on any atom is 0.326 e. The van der Waals surface area contributed by atoms with Crippen LogP contribution in [0.1, 0.15) is 20.3 Å². The summed E-state index contributed by atoms with van der Waals surface area (Å²) in [5.41, 5.74) is 0. The number of carboxylic acid groups (broad SMARTS) is 1. The summed E-state index contributed by atoms with van der Waals surface area (Å²) in [5, 5.41) is 12.2. The van der Waals surface area contributed by atoms with Gasteiger partial charge in [0.2, 0.25) is 5.91 Å². The van der Waals surface area contributed by atoms with E-state index in [1.807, 2.05) is 13.8 Å². The van der Waals surface area contributed by atoms with Crippen molar-refractivity contribution in [1.29, 1.82) is 0 Å². The maximum absolute atomic E-state index is 12.2. The minimum Gasteiger partial charge on any atom is -0.480 e. The number of rotatable bonds is 6. The van der Waals surface area contributed by atoms with E-state index in [1.54, 1.807) is 7.11 Å². The van der Waals surface area contributed by atoms with E-state index in [0.717, 1.165) is 6.54 Å². The van der Waals surface area contributed by atoms with Crippen molar-refractivity contribution in [3.8, 4) is 0 Å². The molecule has 0 spiro atoms. The molecule has 6 heteroatoms. The van der Waals surface area contributed by atoms with Gasteiger partial charge in [0.05, 0.1) is 6.10 Å². The molecule has 1 saturated heterocycles. The Bertz CT molecular complexity index is 308. The second kappa shape index (κ2) is 6.70. The topological polar surface area (TPSA) is 78.9 Å². The fraction of sp³-hybridized carbons (Fsp3) is 0.833. The van der Waals surface area contributed by atoms with Gasteiger partial charge < -0.3 is 20.1 Å². The summed E-state index contributed by atoms with van der Waals surface area (Å²) in [5.74, 6) is -1.30. The molecule has 3 atom stereocenters. The van der Waals surface area contributed by atoms with E-state index >= 15 is 0 Å². The average Bonchev–Trinajstić information content (AvgIpc) is 2.79. The van der Waals surface area contributed by atoms with Crippen molar-refractivity contribution in [3.05, 3.63) is 0 Å². The highest BCUT2D eigenvalue weighted by Crippen LogP contribution is 2.22. The number of ether oxygens (including phenoxy) is 1. The minimum atomic E-state index is -0.960. The van der Waals surface area contributed by atoms with E-state index in [9.17, 15) is 9.59 Å². The Morgan fingerprint density at radius 3 is 2.72 bits per heavy atom. The van der Waals surface area contributed by atoms with E-state index in [1.165, 1.54) is 4.90 Å². The van der Waals surface area contributed by atoms with Crippen LogP contribution >= 0.6 is 0 Å². The lowest BCUT2D eigenvalue weighted by molar-refractivity contribution is -0.149. The van der Waals surface area contributed by atoms with Crippen molar-refractivity contribution < 1.29 is 19.4 Å². The fourth-order valence-electron chi connectivity index (χ4n) is 2.18. The summed E-state index contributed by atoms with van der Waals surface area (Å²) in [6, 6.07) is -0.758. The van der Waals surface area contributed by atoms with Gasteiger partial charge in [-0.1, -0.05) is 13.8 Å². The third kappa shape index (κ3) is 3.43. The molecule has 1 heterocycles. The Morgan fingerprint density at radius 1 is 1.56 bits per heavy atom. The maximum atomic E-state index is 12.2. The Hall–Kier alpha value is -1.14. The molecule has 104 valence electrons. The van der Waals surface area contributed by atoms with E-state index < -0.39 is 12.0 Å². The van der Waals surface area contributed by atoms with E-state index in [4.69, 9.17) is 9.84 Å². The lowest BCUT2D eigenvalue weighted by Gasteiger charge is -2.24. The number of methoxy groups -OCH3 is 1. The first kappa shape index (κ1) is 14.9. The molecule has 0 bridgehead atoms. The van der Waals surface area contributed by atoms with Crippen LogP contribution in [0.3, 0.4) is 0 Å². The van der Waals surface area contributed by atoms with Crippen molar-refractivity contribution in [3.63, 3.8) is 0 Å². The Kier molecular flexibility index (Phi) is 5.55. The van der Waals surface area contributed by atoms with Crippen LogP contribution in [-0.4, -0.2) is 60.8 Å². The zero-order chi connectivity index (χ0) is 13.7. The molecule has 6 nitrogen and oxygen atoms in total. The molecule has 1 aliphatic heterocycles. The largest absolute Gasteiger partial charge is 0.480 e. The molecule has 0 aromatic heterocycles. The van der Waals surface area contributed by atoms with Crippen LogP contribution < -0.4 is 5.32 Å². The summed E-state index contributed by atoms with van der Waals surface area (Å²) >= 11 is 0.